The fourth-order valence-corrected chi connectivity index (χ4v) is 1.48. The van der Waals surface area contributed by atoms with Crippen LogP contribution in [0.1, 0.15) is 18.4 Å². The Morgan fingerprint density at radius 1 is 1.19 bits per heavy atom. The van der Waals surface area contributed by atoms with Gasteiger partial charge in [-0.3, -0.25) is 4.79 Å². The molecular formula is C12H17NO3. The third kappa shape index (κ3) is 3.81. The molecule has 0 aromatic heterocycles. The van der Waals surface area contributed by atoms with E-state index in [-0.39, 0.29) is 5.91 Å². The van der Waals surface area contributed by atoms with Gasteiger partial charge in [-0.1, -0.05) is 0 Å². The minimum absolute atomic E-state index is 0.269. The molecule has 1 aromatic carbocycles. The summed E-state index contributed by atoms with van der Waals surface area (Å²) in [6.07, 6.45) is 1.93. The second kappa shape index (κ2) is 6.00. The molecule has 0 saturated carbocycles. The Balaban J connectivity index is 2.67. The molecule has 0 atom stereocenters. The number of primary amides is 1. The van der Waals surface area contributed by atoms with Gasteiger partial charge in [-0.25, -0.2) is 0 Å². The van der Waals surface area contributed by atoms with Gasteiger partial charge in [0.15, 0.2) is 0 Å². The van der Waals surface area contributed by atoms with Crippen molar-refractivity contribution in [3.63, 3.8) is 0 Å². The average molecular weight is 223 g/mol. The summed E-state index contributed by atoms with van der Waals surface area (Å²) in [6, 6.07) is 5.69. The lowest BCUT2D eigenvalue weighted by atomic mass is 10.1. The highest BCUT2D eigenvalue weighted by molar-refractivity contribution is 5.73. The zero-order valence-electron chi connectivity index (χ0n) is 9.66. The monoisotopic (exact) mass is 223 g/mol. The molecule has 4 heteroatoms. The second-order valence-electron chi connectivity index (χ2n) is 3.54. The Hall–Kier alpha value is -1.71. The topological polar surface area (TPSA) is 61.5 Å². The lowest BCUT2D eigenvalue weighted by molar-refractivity contribution is -0.118. The van der Waals surface area contributed by atoms with E-state index in [9.17, 15) is 4.79 Å². The van der Waals surface area contributed by atoms with Crippen LogP contribution in [0.25, 0.3) is 0 Å². The average Bonchev–Trinajstić information content (AvgIpc) is 2.28. The van der Waals surface area contributed by atoms with E-state index in [1.165, 1.54) is 0 Å². The van der Waals surface area contributed by atoms with Crippen LogP contribution in [0.2, 0.25) is 0 Å². The highest BCUT2D eigenvalue weighted by atomic mass is 16.5. The third-order valence-corrected chi connectivity index (χ3v) is 2.30. The van der Waals surface area contributed by atoms with Gasteiger partial charge in [0, 0.05) is 12.5 Å². The number of hydrogen-bond donors (Lipinski definition) is 1. The molecule has 0 heterocycles. The van der Waals surface area contributed by atoms with Gasteiger partial charge >= 0.3 is 0 Å². The van der Waals surface area contributed by atoms with E-state index >= 15 is 0 Å². The lowest BCUT2D eigenvalue weighted by Crippen LogP contribution is -2.10. The number of carbonyl (C=O) groups is 1. The van der Waals surface area contributed by atoms with Crippen molar-refractivity contribution < 1.29 is 14.3 Å². The van der Waals surface area contributed by atoms with E-state index in [4.69, 9.17) is 15.2 Å². The predicted molar refractivity (Wildman–Crippen MR) is 61.7 cm³/mol. The van der Waals surface area contributed by atoms with Crippen LogP contribution in [0.3, 0.4) is 0 Å². The highest BCUT2D eigenvalue weighted by Crippen LogP contribution is 2.23. The van der Waals surface area contributed by atoms with Gasteiger partial charge in [-0.15, -0.1) is 0 Å². The summed E-state index contributed by atoms with van der Waals surface area (Å²) < 4.78 is 10.3. The maximum Gasteiger partial charge on any atom is 0.217 e. The largest absolute Gasteiger partial charge is 0.497 e. The maximum absolute atomic E-state index is 10.6. The standard InChI is InChI=1S/C12H17NO3/c1-15-10-6-9(4-3-5-12(13)14)7-11(8-10)16-2/h6-8H,3-5H2,1-2H3,(H2,13,14). The number of methoxy groups -OCH3 is 2. The number of hydrogen-bond acceptors (Lipinski definition) is 3. The molecule has 0 saturated heterocycles. The fourth-order valence-electron chi connectivity index (χ4n) is 1.48. The Labute approximate surface area is 95.3 Å². The van der Waals surface area contributed by atoms with Crippen molar-refractivity contribution in [2.24, 2.45) is 5.73 Å². The first-order valence-electron chi connectivity index (χ1n) is 5.16. The van der Waals surface area contributed by atoms with E-state index in [2.05, 4.69) is 0 Å². The smallest absolute Gasteiger partial charge is 0.217 e. The van der Waals surface area contributed by atoms with Gasteiger partial charge in [-0.05, 0) is 30.5 Å². The van der Waals surface area contributed by atoms with Gasteiger partial charge < -0.3 is 15.2 Å². The molecule has 0 spiro atoms. The van der Waals surface area contributed by atoms with Crippen molar-refractivity contribution in [1.29, 1.82) is 0 Å². The van der Waals surface area contributed by atoms with Crippen LogP contribution in [0.4, 0.5) is 0 Å². The van der Waals surface area contributed by atoms with Crippen LogP contribution < -0.4 is 15.2 Å². The zero-order valence-corrected chi connectivity index (χ0v) is 9.66. The van der Waals surface area contributed by atoms with Crippen LogP contribution >= 0.6 is 0 Å². The first-order valence-corrected chi connectivity index (χ1v) is 5.16. The van der Waals surface area contributed by atoms with Crippen molar-refractivity contribution in [2.45, 2.75) is 19.3 Å². The van der Waals surface area contributed by atoms with E-state index in [0.29, 0.717) is 6.42 Å². The molecule has 2 N–H and O–H groups in total. The van der Waals surface area contributed by atoms with Gasteiger partial charge in [-0.2, -0.15) is 0 Å². The number of rotatable bonds is 6. The summed E-state index contributed by atoms with van der Waals surface area (Å²) in [5, 5.41) is 0. The number of amides is 1. The van der Waals surface area contributed by atoms with E-state index in [0.717, 1.165) is 29.9 Å². The van der Waals surface area contributed by atoms with Gasteiger partial charge in [0.25, 0.3) is 0 Å². The molecule has 1 rings (SSSR count). The molecule has 88 valence electrons. The van der Waals surface area contributed by atoms with Crippen LogP contribution in [0.5, 0.6) is 11.5 Å². The molecule has 0 aliphatic carbocycles. The lowest BCUT2D eigenvalue weighted by Gasteiger charge is -2.07. The highest BCUT2D eigenvalue weighted by Gasteiger charge is 2.02. The summed E-state index contributed by atoms with van der Waals surface area (Å²) >= 11 is 0. The number of benzene rings is 1. The molecule has 0 bridgehead atoms. The summed E-state index contributed by atoms with van der Waals surface area (Å²) in [5.41, 5.74) is 6.16. The summed E-state index contributed by atoms with van der Waals surface area (Å²) in [4.78, 5) is 10.6. The molecule has 0 aliphatic rings. The molecule has 16 heavy (non-hydrogen) atoms. The summed E-state index contributed by atoms with van der Waals surface area (Å²) in [7, 11) is 3.23. The van der Waals surface area contributed by atoms with Crippen molar-refractivity contribution in [2.75, 3.05) is 14.2 Å². The first-order chi connectivity index (χ1) is 7.65. The third-order valence-electron chi connectivity index (χ3n) is 2.30. The minimum Gasteiger partial charge on any atom is -0.497 e. The predicted octanol–water partition coefficient (Wildman–Crippen LogP) is 1.51. The molecule has 1 amide bonds. The fraction of sp³-hybridized carbons (Fsp3) is 0.417. The van der Waals surface area contributed by atoms with Gasteiger partial charge in [0.1, 0.15) is 11.5 Å². The summed E-state index contributed by atoms with van der Waals surface area (Å²) in [5.74, 6) is 1.25. The number of ether oxygens (including phenoxy) is 2. The van der Waals surface area contributed by atoms with Crippen molar-refractivity contribution in [3.8, 4) is 11.5 Å². The molecule has 1 aromatic rings. The number of carbonyl (C=O) groups excluding carboxylic acids is 1. The molecule has 0 radical (unpaired) electrons. The van der Waals surface area contributed by atoms with E-state index in [1.807, 2.05) is 18.2 Å². The molecule has 4 nitrogen and oxygen atoms in total. The molecular weight excluding hydrogens is 206 g/mol. The van der Waals surface area contributed by atoms with Crippen LogP contribution in [0.15, 0.2) is 18.2 Å². The maximum atomic E-state index is 10.6. The number of aryl methyl sites for hydroxylation is 1. The number of nitrogens with two attached hydrogens (primary N) is 1. The van der Waals surface area contributed by atoms with Crippen LogP contribution in [-0.2, 0) is 11.2 Å². The molecule has 0 unspecified atom stereocenters. The normalized spacial score (nSPS) is 9.88. The Morgan fingerprint density at radius 3 is 2.19 bits per heavy atom. The van der Waals surface area contributed by atoms with Gasteiger partial charge in [0.05, 0.1) is 14.2 Å². The van der Waals surface area contributed by atoms with E-state index < -0.39 is 0 Å². The van der Waals surface area contributed by atoms with E-state index in [1.54, 1.807) is 14.2 Å². The summed E-state index contributed by atoms with van der Waals surface area (Å²) in [6.45, 7) is 0. The molecule has 0 aliphatic heterocycles. The van der Waals surface area contributed by atoms with Crippen molar-refractivity contribution >= 4 is 5.91 Å². The Morgan fingerprint density at radius 2 is 1.75 bits per heavy atom. The quantitative estimate of drug-likeness (QED) is 0.795. The van der Waals surface area contributed by atoms with Crippen molar-refractivity contribution in [1.82, 2.24) is 0 Å². The first kappa shape index (κ1) is 12.4. The second-order valence-corrected chi connectivity index (χ2v) is 3.54. The SMILES string of the molecule is COc1cc(CCCC(N)=O)cc(OC)c1. The molecule has 0 fully saturated rings. The Kier molecular flexibility index (Phi) is 4.64. The van der Waals surface area contributed by atoms with Crippen LogP contribution in [0, 0.1) is 0 Å². The minimum atomic E-state index is -0.269. The van der Waals surface area contributed by atoms with Gasteiger partial charge in [0.2, 0.25) is 5.91 Å². The van der Waals surface area contributed by atoms with Crippen LogP contribution in [-0.4, -0.2) is 20.1 Å². The zero-order chi connectivity index (χ0) is 12.0. The Bertz CT molecular complexity index is 341. The van der Waals surface area contributed by atoms with Crippen molar-refractivity contribution in [3.05, 3.63) is 23.8 Å².